The van der Waals surface area contributed by atoms with E-state index >= 15 is 0 Å². The molecule has 1 saturated carbocycles. The molecule has 0 saturated heterocycles. The van der Waals surface area contributed by atoms with Crippen LogP contribution < -0.4 is 0 Å². The maximum atomic E-state index is 4.84. The van der Waals surface area contributed by atoms with E-state index in [1.807, 2.05) is 0 Å². The maximum Gasteiger partial charge on any atom is 0.0506 e. The third-order valence-corrected chi connectivity index (χ3v) is 3.89. The van der Waals surface area contributed by atoms with Gasteiger partial charge in [0.15, 0.2) is 0 Å². The Morgan fingerprint density at radius 2 is 1.60 bits per heavy atom. The van der Waals surface area contributed by atoms with Crippen molar-refractivity contribution in [2.24, 2.45) is 32.7 Å². The van der Waals surface area contributed by atoms with E-state index < -0.39 is 0 Å². The SMILES string of the molecule is CC(C)C=NC[C@]1(C)C[C@H](N=CC(C)C)CC(C)(C)C1. The van der Waals surface area contributed by atoms with Gasteiger partial charge in [-0.25, -0.2) is 0 Å². The standard InChI is InChI=1S/C18H34N2/c1-14(2)10-19-13-18(7)9-16(20-11-15(3)4)8-17(5,6)12-18/h10-11,14-16H,8-9,12-13H2,1-7H3/t16-,18-/m1/s1. The van der Waals surface area contributed by atoms with Gasteiger partial charge in [0.1, 0.15) is 0 Å². The molecule has 0 N–H and O–H groups in total. The van der Waals surface area contributed by atoms with Crippen LogP contribution in [0.1, 0.15) is 67.7 Å². The summed E-state index contributed by atoms with van der Waals surface area (Å²) in [6.07, 6.45) is 7.86. The van der Waals surface area contributed by atoms with Gasteiger partial charge in [-0.2, -0.15) is 0 Å². The average molecular weight is 278 g/mol. The molecule has 1 aliphatic carbocycles. The fourth-order valence-electron chi connectivity index (χ4n) is 3.58. The summed E-state index contributed by atoms with van der Waals surface area (Å²) < 4.78 is 0. The number of nitrogens with zero attached hydrogens (tertiary/aromatic N) is 2. The lowest BCUT2D eigenvalue weighted by Gasteiger charge is -2.45. The first kappa shape index (κ1) is 17.4. The first-order chi connectivity index (χ1) is 9.12. The molecule has 0 spiro atoms. The number of rotatable bonds is 5. The van der Waals surface area contributed by atoms with Gasteiger partial charge in [0.05, 0.1) is 6.04 Å². The second-order valence-electron chi connectivity index (χ2n) is 8.49. The Kier molecular flexibility index (Phi) is 5.97. The zero-order valence-electron chi connectivity index (χ0n) is 14.6. The van der Waals surface area contributed by atoms with Crippen LogP contribution in [0.2, 0.25) is 0 Å². The summed E-state index contributed by atoms with van der Waals surface area (Å²) in [6, 6.07) is 0.473. The molecule has 0 heterocycles. The Bertz CT molecular complexity index is 352. The Labute approximate surface area is 126 Å². The smallest absolute Gasteiger partial charge is 0.0506 e. The largest absolute Gasteiger partial charge is 0.297 e. The normalized spacial score (nSPS) is 30.9. The van der Waals surface area contributed by atoms with E-state index in [0.29, 0.717) is 28.7 Å². The molecular formula is C18H34N2. The van der Waals surface area contributed by atoms with E-state index in [1.165, 1.54) is 19.3 Å². The molecule has 0 aromatic rings. The fourth-order valence-corrected chi connectivity index (χ4v) is 3.58. The van der Waals surface area contributed by atoms with Crippen molar-refractivity contribution in [3.63, 3.8) is 0 Å². The highest BCUT2D eigenvalue weighted by molar-refractivity contribution is 5.60. The Morgan fingerprint density at radius 3 is 2.15 bits per heavy atom. The molecule has 0 aromatic carbocycles. The summed E-state index contributed by atoms with van der Waals surface area (Å²) in [7, 11) is 0. The molecule has 0 radical (unpaired) electrons. The van der Waals surface area contributed by atoms with Crippen molar-refractivity contribution in [3.05, 3.63) is 0 Å². The van der Waals surface area contributed by atoms with E-state index in [9.17, 15) is 0 Å². The molecular weight excluding hydrogens is 244 g/mol. The van der Waals surface area contributed by atoms with Crippen LogP contribution in [0, 0.1) is 22.7 Å². The van der Waals surface area contributed by atoms with Gasteiger partial charge in [0.2, 0.25) is 0 Å². The summed E-state index contributed by atoms with van der Waals surface area (Å²) in [5.41, 5.74) is 0.672. The van der Waals surface area contributed by atoms with Crippen LogP contribution in [0.25, 0.3) is 0 Å². The first-order valence-electron chi connectivity index (χ1n) is 8.15. The first-order valence-corrected chi connectivity index (χ1v) is 8.15. The average Bonchev–Trinajstić information content (AvgIpc) is 2.22. The highest BCUT2D eigenvalue weighted by atomic mass is 14.8. The van der Waals surface area contributed by atoms with Gasteiger partial charge >= 0.3 is 0 Å². The van der Waals surface area contributed by atoms with Crippen molar-refractivity contribution in [1.29, 1.82) is 0 Å². The molecule has 116 valence electrons. The highest BCUT2D eigenvalue weighted by Gasteiger charge is 2.40. The fraction of sp³-hybridized carbons (Fsp3) is 0.889. The van der Waals surface area contributed by atoms with E-state index in [2.05, 4.69) is 65.9 Å². The van der Waals surface area contributed by atoms with Crippen molar-refractivity contribution < 1.29 is 0 Å². The monoisotopic (exact) mass is 278 g/mol. The molecule has 1 rings (SSSR count). The van der Waals surface area contributed by atoms with Gasteiger partial charge in [0, 0.05) is 19.0 Å². The lowest BCUT2D eigenvalue weighted by Crippen LogP contribution is -2.39. The Morgan fingerprint density at radius 1 is 1.00 bits per heavy atom. The van der Waals surface area contributed by atoms with Gasteiger partial charge in [-0.15, -0.1) is 0 Å². The van der Waals surface area contributed by atoms with Crippen molar-refractivity contribution in [3.8, 4) is 0 Å². The third-order valence-electron chi connectivity index (χ3n) is 3.89. The predicted molar refractivity (Wildman–Crippen MR) is 91.1 cm³/mol. The molecule has 1 fully saturated rings. The summed E-state index contributed by atoms with van der Waals surface area (Å²) in [4.78, 5) is 9.52. The van der Waals surface area contributed by atoms with Crippen LogP contribution >= 0.6 is 0 Å². The van der Waals surface area contributed by atoms with Crippen molar-refractivity contribution in [2.75, 3.05) is 6.54 Å². The summed E-state index contributed by atoms with van der Waals surface area (Å²) in [5.74, 6) is 1.09. The highest BCUT2D eigenvalue weighted by Crippen LogP contribution is 2.47. The van der Waals surface area contributed by atoms with E-state index in [0.717, 1.165) is 6.54 Å². The van der Waals surface area contributed by atoms with Crippen LogP contribution in [0.15, 0.2) is 9.98 Å². The summed E-state index contributed by atoms with van der Waals surface area (Å²) in [5, 5.41) is 0. The molecule has 2 atom stereocenters. The van der Waals surface area contributed by atoms with Crippen molar-refractivity contribution >= 4 is 12.4 Å². The number of hydrogen-bond acceptors (Lipinski definition) is 2. The quantitative estimate of drug-likeness (QED) is 0.630. The topological polar surface area (TPSA) is 24.7 Å². The van der Waals surface area contributed by atoms with Crippen molar-refractivity contribution in [1.82, 2.24) is 0 Å². The van der Waals surface area contributed by atoms with Crippen LogP contribution in [0.4, 0.5) is 0 Å². The van der Waals surface area contributed by atoms with Gasteiger partial charge in [-0.05, 0) is 41.9 Å². The minimum absolute atomic E-state index is 0.298. The molecule has 1 aliphatic rings. The third kappa shape index (κ3) is 6.19. The molecule has 0 amide bonds. The van der Waals surface area contributed by atoms with Crippen molar-refractivity contribution in [2.45, 2.75) is 73.8 Å². The molecule has 2 heteroatoms. The molecule has 0 unspecified atom stereocenters. The second-order valence-corrected chi connectivity index (χ2v) is 8.49. The van der Waals surface area contributed by atoms with Gasteiger partial charge in [0.25, 0.3) is 0 Å². The lowest BCUT2D eigenvalue weighted by molar-refractivity contribution is 0.0916. The molecule has 0 aliphatic heterocycles. The summed E-state index contributed by atoms with van der Waals surface area (Å²) in [6.45, 7) is 16.9. The van der Waals surface area contributed by atoms with E-state index in [1.54, 1.807) is 0 Å². The maximum absolute atomic E-state index is 4.84. The Hall–Kier alpha value is -0.660. The molecule has 0 aromatic heterocycles. The second kappa shape index (κ2) is 6.87. The van der Waals surface area contributed by atoms with Crippen LogP contribution in [0.3, 0.4) is 0 Å². The van der Waals surface area contributed by atoms with Crippen LogP contribution in [-0.2, 0) is 0 Å². The minimum Gasteiger partial charge on any atom is -0.297 e. The van der Waals surface area contributed by atoms with Crippen LogP contribution in [0.5, 0.6) is 0 Å². The van der Waals surface area contributed by atoms with E-state index in [4.69, 9.17) is 4.99 Å². The van der Waals surface area contributed by atoms with Crippen LogP contribution in [-0.4, -0.2) is 25.0 Å². The lowest BCUT2D eigenvalue weighted by atomic mass is 9.63. The Balaban J connectivity index is 2.75. The molecule has 20 heavy (non-hydrogen) atoms. The zero-order chi connectivity index (χ0) is 15.4. The zero-order valence-corrected chi connectivity index (χ0v) is 14.6. The predicted octanol–water partition coefficient (Wildman–Crippen LogP) is 5.03. The minimum atomic E-state index is 0.298. The summed E-state index contributed by atoms with van der Waals surface area (Å²) >= 11 is 0. The van der Waals surface area contributed by atoms with Gasteiger partial charge < -0.3 is 0 Å². The number of hydrogen-bond donors (Lipinski definition) is 0. The number of aliphatic imine (C=N–C) groups is 2. The molecule has 0 bridgehead atoms. The van der Waals surface area contributed by atoms with Gasteiger partial charge in [-0.3, -0.25) is 9.98 Å². The molecule has 2 nitrogen and oxygen atoms in total. The van der Waals surface area contributed by atoms with Gasteiger partial charge in [-0.1, -0.05) is 48.5 Å². The van der Waals surface area contributed by atoms with E-state index in [-0.39, 0.29) is 0 Å².